The Morgan fingerprint density at radius 3 is 2.89 bits per heavy atom. The van der Waals surface area contributed by atoms with E-state index in [-0.39, 0.29) is 28.2 Å². The summed E-state index contributed by atoms with van der Waals surface area (Å²) in [7, 11) is 1.40. The van der Waals surface area contributed by atoms with Crippen LogP contribution < -0.4 is 10.1 Å². The maximum absolute atomic E-state index is 12.0. The summed E-state index contributed by atoms with van der Waals surface area (Å²) in [6, 6.07) is 6.08. The summed E-state index contributed by atoms with van der Waals surface area (Å²) in [4.78, 5) is 19.6. The number of benzene rings is 1. The normalized spacial score (nSPS) is 10.0. The van der Waals surface area contributed by atoms with Crippen molar-refractivity contribution in [2.24, 2.45) is 0 Å². The molecule has 0 atom stereocenters. The Bertz CT molecular complexity index is 619. The number of aromatic nitrogens is 2. The predicted octanol–water partition coefficient (Wildman–Crippen LogP) is 2.10. The summed E-state index contributed by atoms with van der Waals surface area (Å²) in [6.07, 6.45) is 1.41. The van der Waals surface area contributed by atoms with E-state index in [2.05, 4.69) is 15.3 Å². The molecule has 7 heteroatoms. The lowest BCUT2D eigenvalue weighted by Gasteiger charge is -2.08. The standard InChI is InChI=1S/C12H10ClN3O3/c1-19-8-4-2-3-7(10(8)17)11(18)16-12-14-6-5-9(13)15-12/h2-6,17H,1H3,(H,14,15,16,18). The van der Waals surface area contributed by atoms with Crippen LogP contribution in [0.3, 0.4) is 0 Å². The molecule has 1 aromatic carbocycles. The van der Waals surface area contributed by atoms with Crippen molar-refractivity contribution in [2.45, 2.75) is 0 Å². The lowest BCUT2D eigenvalue weighted by molar-refractivity contribution is 0.102. The largest absolute Gasteiger partial charge is 0.504 e. The van der Waals surface area contributed by atoms with Gasteiger partial charge in [-0.05, 0) is 18.2 Å². The van der Waals surface area contributed by atoms with Crippen LogP contribution in [0.4, 0.5) is 5.95 Å². The van der Waals surface area contributed by atoms with E-state index in [0.717, 1.165) is 0 Å². The highest BCUT2D eigenvalue weighted by molar-refractivity contribution is 6.29. The van der Waals surface area contributed by atoms with Gasteiger partial charge in [0.2, 0.25) is 5.95 Å². The molecule has 0 radical (unpaired) electrons. The number of hydrogen-bond donors (Lipinski definition) is 2. The van der Waals surface area contributed by atoms with Gasteiger partial charge in [0.15, 0.2) is 11.5 Å². The summed E-state index contributed by atoms with van der Waals surface area (Å²) in [5, 5.41) is 12.5. The summed E-state index contributed by atoms with van der Waals surface area (Å²) in [5.74, 6) is -0.539. The first-order chi connectivity index (χ1) is 9.11. The molecule has 2 rings (SSSR count). The number of amides is 1. The molecule has 0 spiro atoms. The van der Waals surface area contributed by atoms with Crippen LogP contribution in [0.25, 0.3) is 0 Å². The second-order valence-electron chi connectivity index (χ2n) is 3.51. The van der Waals surface area contributed by atoms with E-state index in [1.54, 1.807) is 12.1 Å². The molecule has 0 bridgehead atoms. The average molecular weight is 280 g/mol. The van der Waals surface area contributed by atoms with Gasteiger partial charge in [-0.25, -0.2) is 9.97 Å². The maximum Gasteiger partial charge on any atom is 0.261 e. The van der Waals surface area contributed by atoms with E-state index < -0.39 is 5.91 Å². The van der Waals surface area contributed by atoms with Crippen LogP contribution in [0.2, 0.25) is 5.15 Å². The van der Waals surface area contributed by atoms with Crippen molar-refractivity contribution in [1.29, 1.82) is 0 Å². The number of phenolic OH excluding ortho intramolecular Hbond substituents is 1. The molecule has 0 saturated heterocycles. The SMILES string of the molecule is COc1cccc(C(=O)Nc2nccc(Cl)n2)c1O. The van der Waals surface area contributed by atoms with Crippen molar-refractivity contribution in [1.82, 2.24) is 9.97 Å². The zero-order chi connectivity index (χ0) is 13.8. The summed E-state index contributed by atoms with van der Waals surface area (Å²) in [5.41, 5.74) is 0.0583. The maximum atomic E-state index is 12.0. The number of methoxy groups -OCH3 is 1. The number of hydrogen-bond acceptors (Lipinski definition) is 5. The zero-order valence-corrected chi connectivity index (χ0v) is 10.7. The molecule has 1 aromatic heterocycles. The molecule has 2 N–H and O–H groups in total. The monoisotopic (exact) mass is 279 g/mol. The third-order valence-corrected chi connectivity index (χ3v) is 2.52. The first-order valence-corrected chi connectivity index (χ1v) is 5.65. The Morgan fingerprint density at radius 1 is 1.42 bits per heavy atom. The molecular weight excluding hydrogens is 270 g/mol. The fourth-order valence-corrected chi connectivity index (χ4v) is 1.57. The number of halogens is 1. The van der Waals surface area contributed by atoms with Crippen molar-refractivity contribution >= 4 is 23.5 Å². The Kier molecular flexibility index (Phi) is 3.82. The van der Waals surface area contributed by atoms with E-state index >= 15 is 0 Å². The summed E-state index contributed by atoms with van der Waals surface area (Å²) in [6.45, 7) is 0. The molecule has 0 fully saturated rings. The predicted molar refractivity (Wildman–Crippen MR) is 69.7 cm³/mol. The van der Waals surface area contributed by atoms with Gasteiger partial charge >= 0.3 is 0 Å². The molecular formula is C12H10ClN3O3. The van der Waals surface area contributed by atoms with Crippen LogP contribution in [0, 0.1) is 0 Å². The number of carbonyl (C=O) groups excluding carboxylic acids is 1. The Balaban J connectivity index is 2.25. The van der Waals surface area contributed by atoms with Gasteiger partial charge in [-0.15, -0.1) is 0 Å². The Hall–Kier alpha value is -2.34. The zero-order valence-electron chi connectivity index (χ0n) is 9.92. The van der Waals surface area contributed by atoms with Crippen LogP contribution in [-0.4, -0.2) is 28.1 Å². The molecule has 6 nitrogen and oxygen atoms in total. The van der Waals surface area contributed by atoms with Gasteiger partial charge in [-0.2, -0.15) is 0 Å². The third-order valence-electron chi connectivity index (χ3n) is 2.31. The number of carbonyl (C=O) groups is 1. The van der Waals surface area contributed by atoms with E-state index in [4.69, 9.17) is 16.3 Å². The van der Waals surface area contributed by atoms with E-state index in [9.17, 15) is 9.90 Å². The van der Waals surface area contributed by atoms with Gasteiger partial charge in [-0.3, -0.25) is 10.1 Å². The molecule has 98 valence electrons. The highest BCUT2D eigenvalue weighted by Gasteiger charge is 2.15. The van der Waals surface area contributed by atoms with Gasteiger partial charge in [0.1, 0.15) is 5.15 Å². The van der Waals surface area contributed by atoms with Gasteiger partial charge in [0, 0.05) is 6.20 Å². The minimum Gasteiger partial charge on any atom is -0.504 e. The van der Waals surface area contributed by atoms with Crippen LogP contribution in [0.15, 0.2) is 30.5 Å². The number of anilines is 1. The van der Waals surface area contributed by atoms with Gasteiger partial charge in [-0.1, -0.05) is 17.7 Å². The number of ether oxygens (including phenoxy) is 1. The quantitative estimate of drug-likeness (QED) is 0.841. The number of para-hydroxylation sites is 1. The second kappa shape index (κ2) is 5.53. The fraction of sp³-hybridized carbons (Fsp3) is 0.0833. The number of rotatable bonds is 3. The van der Waals surface area contributed by atoms with Crippen molar-refractivity contribution < 1.29 is 14.6 Å². The second-order valence-corrected chi connectivity index (χ2v) is 3.90. The number of phenols is 1. The van der Waals surface area contributed by atoms with E-state index in [1.165, 1.54) is 25.4 Å². The van der Waals surface area contributed by atoms with Crippen molar-refractivity contribution in [2.75, 3.05) is 12.4 Å². The Morgan fingerprint density at radius 2 is 2.21 bits per heavy atom. The van der Waals surface area contributed by atoms with Crippen molar-refractivity contribution in [3.8, 4) is 11.5 Å². The molecule has 1 amide bonds. The van der Waals surface area contributed by atoms with Crippen LogP contribution >= 0.6 is 11.6 Å². The average Bonchev–Trinajstić information content (AvgIpc) is 2.39. The molecule has 2 aromatic rings. The van der Waals surface area contributed by atoms with Crippen molar-refractivity contribution in [3.63, 3.8) is 0 Å². The lowest BCUT2D eigenvalue weighted by Crippen LogP contribution is -2.14. The fourth-order valence-electron chi connectivity index (χ4n) is 1.44. The number of aromatic hydroxyl groups is 1. The highest BCUT2D eigenvalue weighted by Crippen LogP contribution is 2.29. The third kappa shape index (κ3) is 2.92. The molecule has 19 heavy (non-hydrogen) atoms. The topological polar surface area (TPSA) is 84.3 Å². The van der Waals surface area contributed by atoms with Crippen molar-refractivity contribution in [3.05, 3.63) is 41.2 Å². The Labute approximate surface area is 114 Å². The summed E-state index contributed by atoms with van der Waals surface area (Å²) >= 11 is 5.68. The van der Waals surface area contributed by atoms with Gasteiger partial charge in [0.05, 0.1) is 12.7 Å². The molecule has 0 saturated carbocycles. The van der Waals surface area contributed by atoms with E-state index in [1.807, 2.05) is 0 Å². The first-order valence-electron chi connectivity index (χ1n) is 5.27. The van der Waals surface area contributed by atoms with Gasteiger partial charge in [0.25, 0.3) is 5.91 Å². The molecule has 0 aliphatic rings. The highest BCUT2D eigenvalue weighted by atomic mass is 35.5. The van der Waals surface area contributed by atoms with Crippen LogP contribution in [0.1, 0.15) is 10.4 Å². The molecule has 0 aliphatic carbocycles. The smallest absolute Gasteiger partial charge is 0.261 e. The number of nitrogens with zero attached hydrogens (tertiary/aromatic N) is 2. The lowest BCUT2D eigenvalue weighted by atomic mass is 10.1. The first kappa shape index (κ1) is 13.1. The van der Waals surface area contributed by atoms with Crippen LogP contribution in [0.5, 0.6) is 11.5 Å². The molecule has 0 unspecified atom stereocenters. The van der Waals surface area contributed by atoms with Crippen LogP contribution in [-0.2, 0) is 0 Å². The molecule has 0 aliphatic heterocycles. The minimum atomic E-state index is -0.557. The molecule has 1 heterocycles. The van der Waals surface area contributed by atoms with Gasteiger partial charge < -0.3 is 9.84 Å². The summed E-state index contributed by atoms with van der Waals surface area (Å²) < 4.78 is 4.92. The van der Waals surface area contributed by atoms with E-state index in [0.29, 0.717) is 0 Å². The minimum absolute atomic E-state index is 0.0553. The number of nitrogens with one attached hydrogen (secondary N) is 1.